The minimum atomic E-state index is -3.55. The minimum Gasteiger partial charge on any atom is -0.481 e. The van der Waals surface area contributed by atoms with Crippen molar-refractivity contribution in [2.24, 2.45) is 0 Å². The van der Waals surface area contributed by atoms with Gasteiger partial charge in [-0.2, -0.15) is 14.1 Å². The van der Waals surface area contributed by atoms with Crippen LogP contribution in [0.2, 0.25) is 5.02 Å². The highest BCUT2D eigenvalue weighted by Gasteiger charge is 2.33. The first-order valence-electron chi connectivity index (χ1n) is 12.7. The molecule has 0 N–H and O–H groups in total. The molecule has 0 spiro atoms. The lowest BCUT2D eigenvalue weighted by atomic mass is 10.2. The van der Waals surface area contributed by atoms with Gasteiger partial charge in [0.05, 0.1) is 17.1 Å². The summed E-state index contributed by atoms with van der Waals surface area (Å²) in [7, 11) is -3.55. The van der Waals surface area contributed by atoms with Crippen molar-refractivity contribution in [1.82, 2.24) is 14.1 Å². The molecule has 0 aliphatic carbocycles. The quantitative estimate of drug-likeness (QED) is 0.309. The van der Waals surface area contributed by atoms with Crippen molar-refractivity contribution in [2.45, 2.75) is 18.8 Å². The van der Waals surface area contributed by atoms with E-state index in [1.54, 1.807) is 37.4 Å². The van der Waals surface area contributed by atoms with Gasteiger partial charge in [-0.25, -0.2) is 8.42 Å². The maximum Gasteiger partial charge on any atom is 0.316 e. The number of anilines is 1. The van der Waals surface area contributed by atoms with Gasteiger partial charge in [-0.15, -0.1) is 0 Å². The lowest BCUT2D eigenvalue weighted by molar-refractivity contribution is 0.297. The fraction of sp³-hybridized carbons (Fsp3) is 0.241. The predicted molar refractivity (Wildman–Crippen MR) is 153 cm³/mol. The topological polar surface area (TPSA) is 84.7 Å². The second kappa shape index (κ2) is 11.6. The molecule has 0 bridgehead atoms. The Balaban J connectivity index is 1.41. The number of aromatic nitrogens is 2. The van der Waals surface area contributed by atoms with Crippen LogP contribution in [0.3, 0.4) is 0 Å². The lowest BCUT2D eigenvalue weighted by Crippen LogP contribution is -2.50. The van der Waals surface area contributed by atoms with Gasteiger partial charge in [-0.3, -0.25) is 4.79 Å². The molecular weight excluding hydrogens is 536 g/mol. The molecule has 0 amide bonds. The Kier molecular flexibility index (Phi) is 8.02. The molecule has 39 heavy (non-hydrogen) atoms. The first kappa shape index (κ1) is 26.9. The summed E-state index contributed by atoms with van der Waals surface area (Å²) in [6.07, 6.45) is 1.60. The number of hydrogen-bond donors (Lipinski definition) is 0. The first-order chi connectivity index (χ1) is 18.8. The van der Waals surface area contributed by atoms with Gasteiger partial charge in [-0.1, -0.05) is 78.3 Å². The molecule has 10 heteroatoms. The van der Waals surface area contributed by atoms with Crippen LogP contribution in [0.4, 0.5) is 5.69 Å². The van der Waals surface area contributed by atoms with E-state index < -0.39 is 20.8 Å². The van der Waals surface area contributed by atoms with Gasteiger partial charge in [0.2, 0.25) is 15.8 Å². The van der Waals surface area contributed by atoms with E-state index in [1.165, 1.54) is 8.99 Å². The van der Waals surface area contributed by atoms with Gasteiger partial charge in [0.1, 0.15) is 12.3 Å². The Morgan fingerprint density at radius 2 is 1.59 bits per heavy atom. The fourth-order valence-electron chi connectivity index (χ4n) is 4.61. The first-order valence-corrected chi connectivity index (χ1v) is 14.6. The Morgan fingerprint density at radius 1 is 0.923 bits per heavy atom. The van der Waals surface area contributed by atoms with E-state index in [9.17, 15) is 13.2 Å². The Morgan fingerprint density at radius 3 is 2.26 bits per heavy atom. The average molecular weight is 565 g/mol. The molecule has 1 saturated heterocycles. The van der Waals surface area contributed by atoms with Crippen LogP contribution >= 0.6 is 11.6 Å². The van der Waals surface area contributed by atoms with E-state index in [0.29, 0.717) is 29.5 Å². The molecule has 4 aromatic rings. The van der Waals surface area contributed by atoms with Crippen molar-refractivity contribution in [2.75, 3.05) is 31.1 Å². The van der Waals surface area contributed by atoms with Crippen molar-refractivity contribution in [3.8, 4) is 11.4 Å². The largest absolute Gasteiger partial charge is 0.481 e. The van der Waals surface area contributed by atoms with Crippen molar-refractivity contribution in [1.29, 1.82) is 0 Å². The maximum atomic E-state index is 13.6. The SMILES string of the molecule is CC(c1ccccc1)S(=O)(=O)N1CCN(c2cnn(-c3cccc(Cl)c3)c(=O)c2OCc2ccccc2)CC1. The molecule has 1 aliphatic heterocycles. The summed E-state index contributed by atoms with van der Waals surface area (Å²) in [5.41, 5.74) is 2.31. The van der Waals surface area contributed by atoms with Crippen molar-refractivity contribution in [3.63, 3.8) is 0 Å². The van der Waals surface area contributed by atoms with Gasteiger partial charge >= 0.3 is 5.56 Å². The number of piperazine rings is 1. The summed E-state index contributed by atoms with van der Waals surface area (Å²) in [6.45, 7) is 3.27. The number of ether oxygens (including phenoxy) is 1. The third-order valence-corrected chi connectivity index (χ3v) is 9.33. The summed E-state index contributed by atoms with van der Waals surface area (Å²) in [5.74, 6) is 0.155. The lowest BCUT2D eigenvalue weighted by Gasteiger charge is -2.36. The summed E-state index contributed by atoms with van der Waals surface area (Å²) in [4.78, 5) is 15.6. The molecule has 0 radical (unpaired) electrons. The van der Waals surface area contributed by atoms with Crippen LogP contribution in [0.1, 0.15) is 23.3 Å². The molecule has 1 aromatic heterocycles. The van der Waals surface area contributed by atoms with Crippen LogP contribution in [0.25, 0.3) is 5.69 Å². The van der Waals surface area contributed by atoms with E-state index >= 15 is 0 Å². The Hall–Kier alpha value is -3.66. The van der Waals surface area contributed by atoms with Crippen LogP contribution < -0.4 is 15.2 Å². The minimum absolute atomic E-state index is 0.155. The van der Waals surface area contributed by atoms with Crippen molar-refractivity contribution < 1.29 is 13.2 Å². The smallest absolute Gasteiger partial charge is 0.316 e. The molecule has 1 fully saturated rings. The molecule has 202 valence electrons. The van der Waals surface area contributed by atoms with E-state index in [-0.39, 0.29) is 25.4 Å². The van der Waals surface area contributed by atoms with Crippen LogP contribution in [0.15, 0.2) is 95.9 Å². The number of hydrogen-bond acceptors (Lipinski definition) is 6. The second-order valence-electron chi connectivity index (χ2n) is 9.31. The van der Waals surface area contributed by atoms with Gasteiger partial charge < -0.3 is 9.64 Å². The third-order valence-electron chi connectivity index (χ3n) is 6.85. The normalized spacial score (nSPS) is 15.2. The highest BCUT2D eigenvalue weighted by molar-refractivity contribution is 7.89. The van der Waals surface area contributed by atoms with Crippen LogP contribution in [0, 0.1) is 0 Å². The van der Waals surface area contributed by atoms with Gasteiger partial charge in [0, 0.05) is 31.2 Å². The average Bonchev–Trinajstić information content (AvgIpc) is 2.97. The maximum absolute atomic E-state index is 13.6. The summed E-state index contributed by atoms with van der Waals surface area (Å²) < 4.78 is 35.6. The fourth-order valence-corrected chi connectivity index (χ4v) is 6.42. The van der Waals surface area contributed by atoms with Gasteiger partial charge in [-0.05, 0) is 36.2 Å². The number of benzene rings is 3. The van der Waals surface area contributed by atoms with Gasteiger partial charge in [0.25, 0.3) is 0 Å². The molecule has 3 aromatic carbocycles. The summed E-state index contributed by atoms with van der Waals surface area (Å²) in [6, 6.07) is 25.7. The van der Waals surface area contributed by atoms with Crippen LogP contribution in [0.5, 0.6) is 5.75 Å². The summed E-state index contributed by atoms with van der Waals surface area (Å²) in [5, 5.41) is 4.24. The molecular formula is C29H29ClN4O4S. The number of halogens is 1. The number of nitrogens with zero attached hydrogens (tertiary/aromatic N) is 4. The van der Waals surface area contributed by atoms with Crippen LogP contribution in [-0.4, -0.2) is 48.7 Å². The highest BCUT2D eigenvalue weighted by Crippen LogP contribution is 2.30. The molecule has 2 heterocycles. The summed E-state index contributed by atoms with van der Waals surface area (Å²) >= 11 is 6.16. The monoisotopic (exact) mass is 564 g/mol. The van der Waals surface area contributed by atoms with E-state index in [0.717, 1.165) is 11.1 Å². The molecule has 5 rings (SSSR count). The van der Waals surface area contributed by atoms with E-state index in [4.69, 9.17) is 16.3 Å². The van der Waals surface area contributed by atoms with E-state index in [1.807, 2.05) is 65.6 Å². The van der Waals surface area contributed by atoms with Crippen molar-refractivity contribution >= 4 is 27.3 Å². The number of rotatable bonds is 8. The molecule has 8 nitrogen and oxygen atoms in total. The standard InChI is InChI=1S/C29H29ClN4O4S/c1-22(24-11-6-3-7-12-24)39(36,37)33-17-15-32(16-18-33)27-20-31-34(26-14-8-13-25(30)19-26)29(35)28(27)38-21-23-9-4-2-5-10-23/h2-14,19-20,22H,15-18,21H2,1H3. The van der Waals surface area contributed by atoms with Gasteiger partial charge in [0.15, 0.2) is 0 Å². The highest BCUT2D eigenvalue weighted by atomic mass is 35.5. The molecule has 1 unspecified atom stereocenters. The van der Waals surface area contributed by atoms with E-state index in [2.05, 4.69) is 5.10 Å². The molecule has 0 saturated carbocycles. The zero-order valence-corrected chi connectivity index (χ0v) is 23.1. The zero-order valence-electron chi connectivity index (χ0n) is 21.5. The second-order valence-corrected chi connectivity index (χ2v) is 12.0. The van der Waals surface area contributed by atoms with Crippen molar-refractivity contribution in [3.05, 3.63) is 118 Å². The molecule has 1 atom stereocenters. The van der Waals surface area contributed by atoms with Crippen LogP contribution in [-0.2, 0) is 16.6 Å². The zero-order chi connectivity index (χ0) is 27.4. The Labute approximate surface area is 233 Å². The third kappa shape index (κ3) is 5.85. The number of sulfonamides is 1. The molecule has 1 aliphatic rings. The predicted octanol–water partition coefficient (Wildman–Crippen LogP) is 4.68. The Bertz CT molecular complexity index is 1590.